The molecule has 1 aromatic heterocycles. The maximum atomic E-state index is 12.4. The number of oxazole rings is 1. The molecule has 102 valence electrons. The van der Waals surface area contributed by atoms with Gasteiger partial charge in [-0.25, -0.2) is 4.98 Å². The third-order valence-electron chi connectivity index (χ3n) is 3.08. The Morgan fingerprint density at radius 2 is 2.00 bits per heavy atom. The van der Waals surface area contributed by atoms with E-state index in [-0.39, 0.29) is 24.3 Å². The van der Waals surface area contributed by atoms with Gasteiger partial charge in [0.15, 0.2) is 5.89 Å². The molecule has 0 aliphatic heterocycles. The number of aliphatic hydroxyl groups excluding tert-OH is 1. The van der Waals surface area contributed by atoms with E-state index in [2.05, 4.69) is 4.98 Å². The number of carbonyl (C=O) groups excluding carboxylic acids is 1. The first kappa shape index (κ1) is 14.7. The van der Waals surface area contributed by atoms with Gasteiger partial charge in [0.1, 0.15) is 0 Å². The molecule has 18 heavy (non-hydrogen) atoms. The average molecular weight is 254 g/mol. The molecule has 1 aromatic rings. The molecular formula is C13H22N2O3. The Kier molecular flexibility index (Phi) is 5.34. The third-order valence-corrected chi connectivity index (χ3v) is 3.08. The Hall–Kier alpha value is -1.36. The monoisotopic (exact) mass is 254 g/mol. The molecule has 0 bridgehead atoms. The first-order valence-corrected chi connectivity index (χ1v) is 6.40. The molecule has 0 aliphatic carbocycles. The topological polar surface area (TPSA) is 66.6 Å². The molecule has 0 fully saturated rings. The molecule has 0 saturated heterocycles. The number of hydrogen-bond acceptors (Lipinski definition) is 4. The predicted molar refractivity (Wildman–Crippen MR) is 68.5 cm³/mol. The molecule has 1 amide bonds. The maximum absolute atomic E-state index is 12.4. The molecule has 1 N–H and O–H groups in total. The van der Waals surface area contributed by atoms with Crippen LogP contribution in [0.4, 0.5) is 0 Å². The number of hydrogen-bond donors (Lipinski definition) is 1. The Labute approximate surface area is 108 Å². The van der Waals surface area contributed by atoms with Gasteiger partial charge in [0, 0.05) is 19.5 Å². The number of aromatic nitrogens is 1. The molecular weight excluding hydrogens is 232 g/mol. The fourth-order valence-corrected chi connectivity index (χ4v) is 2.15. The predicted octanol–water partition coefficient (Wildman–Crippen LogP) is 1.91. The van der Waals surface area contributed by atoms with Crippen molar-refractivity contribution < 1.29 is 14.3 Å². The lowest BCUT2D eigenvalue weighted by atomic mass is 10.1. The minimum atomic E-state index is -0.184. The van der Waals surface area contributed by atoms with E-state index in [1.165, 1.54) is 0 Å². The van der Waals surface area contributed by atoms with Crippen molar-refractivity contribution in [1.29, 1.82) is 0 Å². The zero-order valence-electron chi connectivity index (χ0n) is 11.6. The highest BCUT2D eigenvalue weighted by molar-refractivity contribution is 5.92. The molecule has 5 heteroatoms. The number of amides is 1. The zero-order valence-corrected chi connectivity index (χ0v) is 11.6. The van der Waals surface area contributed by atoms with Crippen molar-refractivity contribution in [3.05, 3.63) is 17.3 Å². The highest BCUT2D eigenvalue weighted by Gasteiger charge is 2.26. The van der Waals surface area contributed by atoms with Gasteiger partial charge in [-0.1, -0.05) is 13.8 Å². The van der Waals surface area contributed by atoms with Crippen molar-refractivity contribution in [2.45, 2.75) is 46.6 Å². The Bertz CT molecular complexity index is 397. The largest absolute Gasteiger partial charge is 0.436 e. The summed E-state index contributed by atoms with van der Waals surface area (Å²) in [6, 6.07) is 0.120. The Morgan fingerprint density at radius 3 is 2.39 bits per heavy atom. The highest BCUT2D eigenvalue weighted by atomic mass is 16.4. The van der Waals surface area contributed by atoms with Crippen molar-refractivity contribution in [2.24, 2.45) is 0 Å². The van der Waals surface area contributed by atoms with Crippen LogP contribution in [0.3, 0.4) is 0 Å². The molecule has 0 radical (unpaired) electrons. The fourth-order valence-electron chi connectivity index (χ4n) is 2.15. The molecule has 1 heterocycles. The second kappa shape index (κ2) is 6.54. The molecule has 5 nitrogen and oxygen atoms in total. The molecule has 0 saturated carbocycles. The van der Waals surface area contributed by atoms with Crippen LogP contribution in [0.15, 0.2) is 4.42 Å². The van der Waals surface area contributed by atoms with Crippen LogP contribution in [0.5, 0.6) is 0 Å². The van der Waals surface area contributed by atoms with Crippen LogP contribution in [0, 0.1) is 13.8 Å². The van der Waals surface area contributed by atoms with Gasteiger partial charge in [-0.3, -0.25) is 4.79 Å². The SMILES string of the molecule is CCC(CC)N(CCO)C(=O)c1oc(C)nc1C. The molecule has 0 aliphatic rings. The van der Waals surface area contributed by atoms with Crippen LogP contribution >= 0.6 is 0 Å². The first-order valence-electron chi connectivity index (χ1n) is 6.40. The van der Waals surface area contributed by atoms with Crippen molar-refractivity contribution in [2.75, 3.05) is 13.2 Å². The van der Waals surface area contributed by atoms with Crippen LogP contribution in [-0.2, 0) is 0 Å². The van der Waals surface area contributed by atoms with E-state index >= 15 is 0 Å². The van der Waals surface area contributed by atoms with E-state index in [0.29, 0.717) is 18.1 Å². The minimum absolute atomic E-state index is 0.0472. The average Bonchev–Trinajstić information content (AvgIpc) is 2.68. The van der Waals surface area contributed by atoms with Crippen LogP contribution in [0.2, 0.25) is 0 Å². The molecule has 1 rings (SSSR count). The number of aryl methyl sites for hydroxylation is 2. The lowest BCUT2D eigenvalue weighted by Crippen LogP contribution is -2.41. The quantitative estimate of drug-likeness (QED) is 0.842. The number of rotatable bonds is 6. The van der Waals surface area contributed by atoms with Crippen LogP contribution < -0.4 is 0 Å². The van der Waals surface area contributed by atoms with Crippen molar-refractivity contribution >= 4 is 5.91 Å². The van der Waals surface area contributed by atoms with E-state index in [4.69, 9.17) is 9.52 Å². The second-order valence-electron chi connectivity index (χ2n) is 4.34. The van der Waals surface area contributed by atoms with Gasteiger partial charge in [-0.2, -0.15) is 0 Å². The minimum Gasteiger partial charge on any atom is -0.436 e. The van der Waals surface area contributed by atoms with Crippen molar-refractivity contribution in [3.8, 4) is 0 Å². The van der Waals surface area contributed by atoms with Gasteiger partial charge >= 0.3 is 0 Å². The van der Waals surface area contributed by atoms with E-state index in [9.17, 15) is 4.79 Å². The summed E-state index contributed by atoms with van der Waals surface area (Å²) in [7, 11) is 0. The lowest BCUT2D eigenvalue weighted by Gasteiger charge is -2.29. The van der Waals surface area contributed by atoms with Crippen LogP contribution in [0.1, 0.15) is 48.8 Å². The van der Waals surface area contributed by atoms with E-state index < -0.39 is 0 Å². The summed E-state index contributed by atoms with van der Waals surface area (Å²) in [5, 5.41) is 9.11. The van der Waals surface area contributed by atoms with E-state index in [1.54, 1.807) is 18.7 Å². The summed E-state index contributed by atoms with van der Waals surface area (Å²) in [6.07, 6.45) is 1.71. The molecule has 0 unspecified atom stereocenters. The third kappa shape index (κ3) is 3.10. The van der Waals surface area contributed by atoms with Gasteiger partial charge in [-0.15, -0.1) is 0 Å². The first-order chi connectivity index (χ1) is 8.54. The summed E-state index contributed by atoms with van der Waals surface area (Å²) in [5.41, 5.74) is 0.603. The number of carbonyl (C=O) groups is 1. The van der Waals surface area contributed by atoms with Gasteiger partial charge in [0.2, 0.25) is 5.76 Å². The maximum Gasteiger partial charge on any atom is 0.291 e. The lowest BCUT2D eigenvalue weighted by molar-refractivity contribution is 0.0588. The Morgan fingerprint density at radius 1 is 1.39 bits per heavy atom. The standard InChI is InChI=1S/C13H22N2O3/c1-5-11(6-2)15(7-8-16)13(17)12-9(3)14-10(4)18-12/h11,16H,5-8H2,1-4H3. The normalized spacial score (nSPS) is 11.0. The van der Waals surface area contributed by atoms with E-state index in [1.807, 2.05) is 13.8 Å². The molecule has 0 spiro atoms. The van der Waals surface area contributed by atoms with Crippen LogP contribution in [0.25, 0.3) is 0 Å². The smallest absolute Gasteiger partial charge is 0.291 e. The van der Waals surface area contributed by atoms with E-state index in [0.717, 1.165) is 12.8 Å². The second-order valence-corrected chi connectivity index (χ2v) is 4.34. The fraction of sp³-hybridized carbons (Fsp3) is 0.692. The summed E-state index contributed by atoms with van der Waals surface area (Å²) in [5.74, 6) is 0.591. The summed E-state index contributed by atoms with van der Waals surface area (Å²) in [6.45, 7) is 7.82. The van der Waals surface area contributed by atoms with Gasteiger partial charge in [0.05, 0.1) is 12.3 Å². The van der Waals surface area contributed by atoms with Gasteiger partial charge < -0.3 is 14.4 Å². The van der Waals surface area contributed by atoms with Crippen LogP contribution in [-0.4, -0.2) is 40.1 Å². The number of nitrogens with zero attached hydrogens (tertiary/aromatic N) is 2. The van der Waals surface area contributed by atoms with Crippen molar-refractivity contribution in [3.63, 3.8) is 0 Å². The highest BCUT2D eigenvalue weighted by Crippen LogP contribution is 2.17. The summed E-state index contributed by atoms with van der Waals surface area (Å²) in [4.78, 5) is 18.2. The van der Waals surface area contributed by atoms with Crippen molar-refractivity contribution in [1.82, 2.24) is 9.88 Å². The van der Waals surface area contributed by atoms with Gasteiger partial charge in [0.25, 0.3) is 5.91 Å². The summed E-state index contributed by atoms with van der Waals surface area (Å²) >= 11 is 0. The Balaban J connectivity index is 2.98. The number of aliphatic hydroxyl groups is 1. The molecule has 0 aromatic carbocycles. The molecule has 0 atom stereocenters. The zero-order chi connectivity index (χ0) is 13.7. The summed E-state index contributed by atoms with van der Waals surface area (Å²) < 4.78 is 5.36. The van der Waals surface area contributed by atoms with Gasteiger partial charge in [-0.05, 0) is 19.8 Å².